The quantitative estimate of drug-likeness (QED) is 0.338. The summed E-state index contributed by atoms with van der Waals surface area (Å²) < 4.78 is 5.20. The zero-order valence-corrected chi connectivity index (χ0v) is 7.68. The van der Waals surface area contributed by atoms with E-state index in [1.807, 2.05) is 21.1 Å². The third-order valence-electron chi connectivity index (χ3n) is 1.14. The van der Waals surface area contributed by atoms with Gasteiger partial charge in [0.2, 0.25) is 0 Å². The topological polar surface area (TPSA) is 26.3 Å². The first-order chi connectivity index (χ1) is 4.87. The van der Waals surface area contributed by atoms with Crippen LogP contribution in [0.25, 0.3) is 0 Å². The van der Waals surface area contributed by atoms with Crippen molar-refractivity contribution in [3.8, 4) is 0 Å². The van der Waals surface area contributed by atoms with Crippen LogP contribution in [-0.4, -0.2) is 45.2 Å². The van der Waals surface area contributed by atoms with Crippen LogP contribution < -0.4 is 0 Å². The number of rotatable bonds is 3. The Morgan fingerprint density at radius 1 is 1.45 bits per heavy atom. The van der Waals surface area contributed by atoms with Gasteiger partial charge in [-0.1, -0.05) is 6.58 Å². The molecule has 3 nitrogen and oxygen atoms in total. The highest BCUT2D eigenvalue weighted by molar-refractivity contribution is 5.87. The summed E-state index contributed by atoms with van der Waals surface area (Å²) in [4.78, 5) is 10.9. The molecule has 0 aliphatic carbocycles. The van der Waals surface area contributed by atoms with E-state index in [-0.39, 0.29) is 5.97 Å². The molecule has 0 aliphatic heterocycles. The van der Waals surface area contributed by atoms with Crippen LogP contribution in [0.3, 0.4) is 0 Å². The van der Waals surface area contributed by atoms with Crippen molar-refractivity contribution < 1.29 is 14.0 Å². The molecule has 0 unspecified atom stereocenters. The van der Waals surface area contributed by atoms with Gasteiger partial charge >= 0.3 is 5.97 Å². The predicted molar refractivity (Wildman–Crippen MR) is 44.1 cm³/mol. The molecule has 0 saturated carbocycles. The molecule has 0 aromatic heterocycles. The predicted octanol–water partition coefficient (Wildman–Crippen LogP) is 0.422. The second kappa shape index (κ2) is 3.53. The van der Waals surface area contributed by atoms with E-state index in [0.29, 0.717) is 16.6 Å². The lowest BCUT2D eigenvalue weighted by atomic mass is 10.3. The third-order valence-corrected chi connectivity index (χ3v) is 1.14. The van der Waals surface area contributed by atoms with Crippen molar-refractivity contribution in [3.63, 3.8) is 0 Å². The molecule has 0 spiro atoms. The van der Waals surface area contributed by atoms with Gasteiger partial charge in [-0.15, -0.1) is 0 Å². The summed E-state index contributed by atoms with van der Waals surface area (Å²) in [6.07, 6.45) is 0. The van der Waals surface area contributed by atoms with Crippen LogP contribution in [0.5, 0.6) is 0 Å². The van der Waals surface area contributed by atoms with Crippen molar-refractivity contribution in [2.24, 2.45) is 0 Å². The van der Waals surface area contributed by atoms with E-state index in [4.69, 9.17) is 0 Å². The third kappa shape index (κ3) is 4.56. The van der Waals surface area contributed by atoms with E-state index < -0.39 is 0 Å². The molecule has 0 aliphatic rings. The molecular formula is C8H16NO2+. The highest BCUT2D eigenvalue weighted by atomic mass is 16.5. The van der Waals surface area contributed by atoms with Gasteiger partial charge in [0.05, 0.1) is 33.8 Å². The van der Waals surface area contributed by atoms with Gasteiger partial charge in [0.25, 0.3) is 0 Å². The van der Waals surface area contributed by atoms with Crippen molar-refractivity contribution in [1.29, 1.82) is 0 Å². The normalized spacial score (nSPS) is 10.9. The smallest absolute Gasteiger partial charge is 0.338 e. The van der Waals surface area contributed by atoms with Crippen molar-refractivity contribution >= 4 is 5.97 Å². The molecule has 0 aromatic rings. The summed E-state index contributed by atoms with van der Waals surface area (Å²) in [5.74, 6) is -0.321. The van der Waals surface area contributed by atoms with E-state index in [1.165, 1.54) is 7.11 Å². The number of carbonyl (C=O) groups excluding carboxylic acids is 1. The second-order valence-corrected chi connectivity index (χ2v) is 3.54. The van der Waals surface area contributed by atoms with Gasteiger partial charge in [-0.05, 0) is 0 Å². The molecule has 3 heteroatoms. The maximum Gasteiger partial charge on any atom is 0.338 e. The van der Waals surface area contributed by atoms with Crippen molar-refractivity contribution in [1.82, 2.24) is 0 Å². The standard InChI is InChI=1S/C8H16NO2/c1-7(8(10)11-5)6-9(2,3)4/h1,6H2,2-5H3/q+1. The van der Waals surface area contributed by atoms with Gasteiger partial charge < -0.3 is 9.22 Å². The molecule has 0 amide bonds. The zero-order valence-electron chi connectivity index (χ0n) is 7.68. The van der Waals surface area contributed by atoms with Crippen LogP contribution in [0.15, 0.2) is 12.2 Å². The number of quaternary nitrogens is 1. The van der Waals surface area contributed by atoms with Gasteiger partial charge in [-0.25, -0.2) is 4.79 Å². The van der Waals surface area contributed by atoms with E-state index in [1.54, 1.807) is 0 Å². The zero-order chi connectivity index (χ0) is 9.07. The number of esters is 1. The van der Waals surface area contributed by atoms with Crippen LogP contribution in [-0.2, 0) is 9.53 Å². The molecule has 0 fully saturated rings. The maximum atomic E-state index is 10.9. The molecule has 0 atom stereocenters. The minimum Gasteiger partial charge on any atom is -0.466 e. The first-order valence-corrected chi connectivity index (χ1v) is 3.43. The van der Waals surface area contributed by atoms with Crippen LogP contribution >= 0.6 is 0 Å². The van der Waals surface area contributed by atoms with Crippen LogP contribution in [0, 0.1) is 0 Å². The molecule has 0 bridgehead atoms. The lowest BCUT2D eigenvalue weighted by Crippen LogP contribution is -2.37. The van der Waals surface area contributed by atoms with Crippen molar-refractivity contribution in [2.75, 3.05) is 34.8 Å². The number of ether oxygens (including phenoxy) is 1. The summed E-state index contributed by atoms with van der Waals surface area (Å²) in [7, 11) is 7.35. The molecule has 0 saturated heterocycles. The van der Waals surface area contributed by atoms with Crippen molar-refractivity contribution in [3.05, 3.63) is 12.2 Å². The number of likely N-dealkylation sites (N-methyl/N-ethyl adjacent to an activating group) is 1. The summed E-state index contributed by atoms with van der Waals surface area (Å²) >= 11 is 0. The Bertz CT molecular complexity index is 167. The SMILES string of the molecule is C=C(C[N+](C)(C)C)C(=O)OC. The minimum atomic E-state index is -0.321. The van der Waals surface area contributed by atoms with E-state index in [9.17, 15) is 4.79 Å². The van der Waals surface area contributed by atoms with Crippen molar-refractivity contribution in [2.45, 2.75) is 0 Å². The molecule has 11 heavy (non-hydrogen) atoms. The van der Waals surface area contributed by atoms with E-state index in [2.05, 4.69) is 11.3 Å². The molecular weight excluding hydrogens is 142 g/mol. The molecule has 64 valence electrons. The molecule has 0 rings (SSSR count). The highest BCUT2D eigenvalue weighted by Gasteiger charge is 2.15. The number of nitrogens with zero attached hydrogens (tertiary/aromatic N) is 1. The lowest BCUT2D eigenvalue weighted by molar-refractivity contribution is -0.865. The Hall–Kier alpha value is -0.830. The molecule has 0 radical (unpaired) electrons. The Balaban J connectivity index is 3.99. The van der Waals surface area contributed by atoms with Gasteiger partial charge in [0.15, 0.2) is 0 Å². The summed E-state index contributed by atoms with van der Waals surface area (Å²) in [6.45, 7) is 4.24. The summed E-state index contributed by atoms with van der Waals surface area (Å²) in [5, 5.41) is 0. The average molecular weight is 158 g/mol. The summed E-state index contributed by atoms with van der Waals surface area (Å²) in [6, 6.07) is 0. The average Bonchev–Trinajstić information content (AvgIpc) is 1.82. The highest BCUT2D eigenvalue weighted by Crippen LogP contribution is 2.00. The fourth-order valence-corrected chi connectivity index (χ4v) is 0.781. The molecule has 0 aromatic carbocycles. The fraction of sp³-hybridized carbons (Fsp3) is 0.625. The van der Waals surface area contributed by atoms with Crippen LogP contribution in [0.4, 0.5) is 0 Å². The molecule has 0 heterocycles. The van der Waals surface area contributed by atoms with Gasteiger partial charge in [-0.2, -0.15) is 0 Å². The van der Waals surface area contributed by atoms with Gasteiger partial charge in [-0.3, -0.25) is 0 Å². The van der Waals surface area contributed by atoms with Gasteiger partial charge in [0.1, 0.15) is 6.54 Å². The lowest BCUT2D eigenvalue weighted by Gasteiger charge is -2.23. The fourth-order valence-electron chi connectivity index (χ4n) is 0.781. The number of hydrogen-bond acceptors (Lipinski definition) is 2. The Morgan fingerprint density at radius 2 is 1.91 bits per heavy atom. The number of methoxy groups -OCH3 is 1. The first kappa shape index (κ1) is 10.2. The number of carbonyl (C=O) groups is 1. The monoisotopic (exact) mass is 158 g/mol. The van der Waals surface area contributed by atoms with Crippen LogP contribution in [0.1, 0.15) is 0 Å². The first-order valence-electron chi connectivity index (χ1n) is 3.43. The molecule has 0 N–H and O–H groups in total. The van der Waals surface area contributed by atoms with E-state index in [0.717, 1.165) is 0 Å². The Kier molecular flexibility index (Phi) is 3.26. The second-order valence-electron chi connectivity index (χ2n) is 3.54. The minimum absolute atomic E-state index is 0.321. The largest absolute Gasteiger partial charge is 0.466 e. The number of hydrogen-bond donors (Lipinski definition) is 0. The Morgan fingerprint density at radius 3 is 2.18 bits per heavy atom. The van der Waals surface area contributed by atoms with Gasteiger partial charge in [0, 0.05) is 0 Å². The van der Waals surface area contributed by atoms with E-state index >= 15 is 0 Å². The van der Waals surface area contributed by atoms with Crippen LogP contribution in [0.2, 0.25) is 0 Å². The summed E-state index contributed by atoms with van der Waals surface area (Å²) in [5.41, 5.74) is 0.514. The maximum absolute atomic E-state index is 10.9. The Labute approximate surface area is 67.8 Å².